The van der Waals surface area contributed by atoms with Gasteiger partial charge in [-0.2, -0.15) is 10.4 Å². The lowest BCUT2D eigenvalue weighted by Crippen LogP contribution is -2.17. The Hall–Kier alpha value is -2.16. The van der Waals surface area contributed by atoms with Crippen LogP contribution in [0.15, 0.2) is 17.4 Å². The van der Waals surface area contributed by atoms with Gasteiger partial charge in [0.05, 0.1) is 24.0 Å². The Morgan fingerprint density at radius 3 is 2.89 bits per heavy atom. The number of hydrogen-bond donors (Lipinski definition) is 2. The third-order valence-electron chi connectivity index (χ3n) is 3.28. The Labute approximate surface area is 106 Å². The van der Waals surface area contributed by atoms with Crippen molar-refractivity contribution in [1.29, 1.82) is 10.7 Å². The molecule has 2 N–H and O–H groups in total. The van der Waals surface area contributed by atoms with Crippen LogP contribution >= 0.6 is 0 Å². The maximum absolute atomic E-state index is 8.86. The van der Waals surface area contributed by atoms with Crippen LogP contribution in [0, 0.1) is 22.7 Å². The number of anilines is 1. The first-order valence-electron chi connectivity index (χ1n) is 5.99. The Balaban J connectivity index is 1.96. The second-order valence-electron chi connectivity index (χ2n) is 4.48. The van der Waals surface area contributed by atoms with Crippen molar-refractivity contribution in [3.8, 4) is 6.07 Å². The smallest absolute Gasteiger partial charge is 0.219 e. The molecule has 6 heteroatoms. The molecule has 1 aromatic rings. The van der Waals surface area contributed by atoms with E-state index in [-0.39, 0.29) is 11.9 Å². The zero-order valence-electron chi connectivity index (χ0n) is 10.1. The van der Waals surface area contributed by atoms with E-state index in [0.29, 0.717) is 6.04 Å². The number of hydrogen-bond acceptors (Lipinski definition) is 3. The summed E-state index contributed by atoms with van der Waals surface area (Å²) in [7, 11) is 0. The van der Waals surface area contributed by atoms with Gasteiger partial charge in [-0.05, 0) is 32.4 Å². The van der Waals surface area contributed by atoms with Crippen molar-refractivity contribution in [3.05, 3.63) is 12.4 Å². The van der Waals surface area contributed by atoms with Crippen LogP contribution in [-0.4, -0.2) is 22.5 Å². The average Bonchev–Trinajstić information content (AvgIpc) is 2.87. The highest BCUT2D eigenvalue weighted by Gasteiger charge is 2.22. The van der Waals surface area contributed by atoms with E-state index in [4.69, 9.17) is 10.7 Å². The van der Waals surface area contributed by atoms with Crippen molar-refractivity contribution < 1.29 is 0 Å². The second kappa shape index (κ2) is 5.45. The van der Waals surface area contributed by atoms with Crippen molar-refractivity contribution in [3.63, 3.8) is 0 Å². The number of rotatable bonds is 2. The van der Waals surface area contributed by atoms with Crippen LogP contribution in [0.2, 0.25) is 0 Å². The van der Waals surface area contributed by atoms with E-state index in [9.17, 15) is 0 Å². The van der Waals surface area contributed by atoms with Crippen molar-refractivity contribution >= 4 is 18.4 Å². The lowest BCUT2D eigenvalue weighted by molar-refractivity contribution is 0.294. The van der Waals surface area contributed by atoms with Crippen LogP contribution < -0.4 is 5.32 Å². The largest absolute Gasteiger partial charge is 0.322 e. The fourth-order valence-electron chi connectivity index (χ4n) is 2.25. The first-order valence-corrected chi connectivity index (χ1v) is 5.99. The van der Waals surface area contributed by atoms with Crippen LogP contribution in [0.1, 0.15) is 31.7 Å². The summed E-state index contributed by atoms with van der Waals surface area (Å²) in [6.45, 7) is 3.28. The number of nitriles is 1. The molecule has 0 amide bonds. The van der Waals surface area contributed by atoms with Gasteiger partial charge in [-0.15, -0.1) is 0 Å². The fraction of sp³-hybridized carbons (Fsp3) is 0.500. The SMILES string of the molecule is C=NC(=N)Nc1cnn(C2CCC(C#N)CC2)c1. The summed E-state index contributed by atoms with van der Waals surface area (Å²) in [5.74, 6) is 0.218. The van der Waals surface area contributed by atoms with E-state index >= 15 is 0 Å². The first kappa shape index (κ1) is 12.3. The van der Waals surface area contributed by atoms with E-state index in [2.05, 4.69) is 28.2 Å². The van der Waals surface area contributed by atoms with Crippen LogP contribution in [0.3, 0.4) is 0 Å². The Kier molecular flexibility index (Phi) is 3.72. The zero-order valence-corrected chi connectivity index (χ0v) is 10.1. The Morgan fingerprint density at radius 1 is 1.56 bits per heavy atom. The molecule has 1 saturated carbocycles. The van der Waals surface area contributed by atoms with Gasteiger partial charge in [-0.3, -0.25) is 10.1 Å². The maximum atomic E-state index is 8.86. The third-order valence-corrected chi connectivity index (χ3v) is 3.28. The summed E-state index contributed by atoms with van der Waals surface area (Å²) in [5, 5.41) is 23.3. The van der Waals surface area contributed by atoms with Crippen molar-refractivity contribution in [2.24, 2.45) is 10.9 Å². The molecule has 0 aliphatic heterocycles. The van der Waals surface area contributed by atoms with E-state index in [0.717, 1.165) is 31.4 Å². The zero-order chi connectivity index (χ0) is 13.0. The molecule has 1 aromatic heterocycles. The number of guanidine groups is 1. The summed E-state index contributed by atoms with van der Waals surface area (Å²) in [6, 6.07) is 2.68. The minimum atomic E-state index is 0.0164. The molecule has 6 nitrogen and oxygen atoms in total. The van der Waals surface area contributed by atoms with Gasteiger partial charge in [0.2, 0.25) is 5.96 Å². The molecular formula is C12H16N6. The molecule has 0 aromatic carbocycles. The van der Waals surface area contributed by atoms with Gasteiger partial charge < -0.3 is 5.32 Å². The molecule has 0 unspecified atom stereocenters. The quantitative estimate of drug-likeness (QED) is 0.617. The summed E-state index contributed by atoms with van der Waals surface area (Å²) in [5.41, 5.74) is 0.745. The van der Waals surface area contributed by atoms with Gasteiger partial charge in [0.15, 0.2) is 0 Å². The van der Waals surface area contributed by atoms with E-state index in [1.807, 2.05) is 10.9 Å². The number of nitrogens with one attached hydrogen (secondary N) is 2. The average molecular weight is 244 g/mol. The van der Waals surface area contributed by atoms with Crippen molar-refractivity contribution in [1.82, 2.24) is 9.78 Å². The number of aliphatic imine (C=N–C) groups is 1. The molecule has 1 heterocycles. The monoisotopic (exact) mass is 244 g/mol. The molecule has 94 valence electrons. The van der Waals surface area contributed by atoms with Crippen LogP contribution in [0.4, 0.5) is 5.69 Å². The van der Waals surface area contributed by atoms with E-state index < -0.39 is 0 Å². The predicted molar refractivity (Wildman–Crippen MR) is 69.7 cm³/mol. The highest BCUT2D eigenvalue weighted by atomic mass is 15.3. The molecule has 18 heavy (non-hydrogen) atoms. The van der Waals surface area contributed by atoms with Crippen LogP contribution in [-0.2, 0) is 0 Å². The Morgan fingerprint density at radius 2 is 2.28 bits per heavy atom. The molecule has 2 rings (SSSR count). The second-order valence-corrected chi connectivity index (χ2v) is 4.48. The molecule has 0 atom stereocenters. The van der Waals surface area contributed by atoms with Crippen LogP contribution in [0.5, 0.6) is 0 Å². The normalized spacial score (nSPS) is 23.1. The van der Waals surface area contributed by atoms with E-state index in [1.54, 1.807) is 6.20 Å². The molecule has 1 aliphatic rings. The standard InChI is InChI=1S/C12H16N6/c1-15-12(14)17-10-7-16-18(8-10)11-4-2-9(6-13)3-5-11/h7-9,11H,1-5H2,(H2,14,17). The van der Waals surface area contributed by atoms with Crippen molar-refractivity contribution in [2.45, 2.75) is 31.7 Å². The third kappa shape index (κ3) is 2.74. The molecule has 0 radical (unpaired) electrons. The van der Waals surface area contributed by atoms with Gasteiger partial charge in [-0.25, -0.2) is 4.99 Å². The van der Waals surface area contributed by atoms with Crippen LogP contribution in [0.25, 0.3) is 0 Å². The first-order chi connectivity index (χ1) is 8.72. The minimum Gasteiger partial charge on any atom is -0.322 e. The lowest BCUT2D eigenvalue weighted by Gasteiger charge is -2.24. The molecule has 0 spiro atoms. The molecular weight excluding hydrogens is 228 g/mol. The predicted octanol–water partition coefficient (Wildman–Crippen LogP) is 2.19. The maximum Gasteiger partial charge on any atom is 0.219 e. The molecule has 1 fully saturated rings. The summed E-state index contributed by atoms with van der Waals surface area (Å²) in [6.07, 6.45) is 7.39. The van der Waals surface area contributed by atoms with Gasteiger partial charge in [0, 0.05) is 12.1 Å². The fourth-order valence-corrected chi connectivity index (χ4v) is 2.25. The Bertz CT molecular complexity index is 475. The van der Waals surface area contributed by atoms with E-state index in [1.165, 1.54) is 0 Å². The van der Waals surface area contributed by atoms with Gasteiger partial charge >= 0.3 is 0 Å². The molecule has 0 bridgehead atoms. The van der Waals surface area contributed by atoms with Gasteiger partial charge in [0.1, 0.15) is 0 Å². The van der Waals surface area contributed by atoms with Gasteiger partial charge in [-0.1, -0.05) is 0 Å². The molecule has 1 aliphatic carbocycles. The summed E-state index contributed by atoms with van der Waals surface area (Å²) < 4.78 is 1.91. The number of aromatic nitrogens is 2. The highest BCUT2D eigenvalue weighted by molar-refractivity contribution is 5.93. The topological polar surface area (TPSA) is 89.8 Å². The van der Waals surface area contributed by atoms with Crippen molar-refractivity contribution in [2.75, 3.05) is 5.32 Å². The minimum absolute atomic E-state index is 0.0164. The summed E-state index contributed by atoms with van der Waals surface area (Å²) in [4.78, 5) is 3.48. The summed E-state index contributed by atoms with van der Waals surface area (Å²) >= 11 is 0. The number of nitrogens with zero attached hydrogens (tertiary/aromatic N) is 4. The molecule has 0 saturated heterocycles. The lowest BCUT2D eigenvalue weighted by atomic mass is 9.87. The van der Waals surface area contributed by atoms with Gasteiger partial charge in [0.25, 0.3) is 0 Å². The highest BCUT2D eigenvalue weighted by Crippen LogP contribution is 2.31.